The lowest BCUT2D eigenvalue weighted by molar-refractivity contribution is 0.0751. The van der Waals surface area contributed by atoms with E-state index in [0.29, 0.717) is 11.4 Å². The van der Waals surface area contributed by atoms with Gasteiger partial charge in [0.05, 0.1) is 11.4 Å². The van der Waals surface area contributed by atoms with Crippen molar-refractivity contribution in [1.29, 1.82) is 0 Å². The minimum Gasteiger partial charge on any atom is -0.395 e. The highest BCUT2D eigenvalue weighted by atomic mass is 16.2. The normalized spacial score (nSPS) is 16.9. The van der Waals surface area contributed by atoms with Crippen LogP contribution < -0.4 is 5.73 Å². The van der Waals surface area contributed by atoms with Crippen LogP contribution in [-0.2, 0) is 7.05 Å². The molecule has 2 N–H and O–H groups in total. The fourth-order valence-electron chi connectivity index (χ4n) is 2.35. The second-order valence-electron chi connectivity index (χ2n) is 4.68. The molecule has 0 radical (unpaired) electrons. The number of carbonyl (C=O) groups is 1. The highest BCUT2D eigenvalue weighted by molar-refractivity contribution is 5.98. The summed E-state index contributed by atoms with van der Waals surface area (Å²) in [6.45, 7) is 3.50. The molecule has 2 rings (SSSR count). The summed E-state index contributed by atoms with van der Waals surface area (Å²) >= 11 is 0. The highest BCUT2D eigenvalue weighted by Crippen LogP contribution is 2.19. The lowest BCUT2D eigenvalue weighted by atomic mass is 10.2. The number of hydrogen-bond donors (Lipinski definition) is 1. The molecule has 0 spiro atoms. The Morgan fingerprint density at radius 3 is 2.29 bits per heavy atom. The molecule has 0 bridgehead atoms. The second-order valence-corrected chi connectivity index (χ2v) is 4.68. The lowest BCUT2D eigenvalue weighted by Gasteiger charge is -2.20. The average molecular weight is 236 g/mol. The number of nitrogens with two attached hydrogens (primary N) is 1. The van der Waals surface area contributed by atoms with Crippen molar-refractivity contribution in [3.8, 4) is 0 Å². The van der Waals surface area contributed by atoms with Crippen LogP contribution in [0.4, 0.5) is 5.69 Å². The van der Waals surface area contributed by atoms with Gasteiger partial charge in [-0.05, 0) is 19.8 Å². The Hall–Kier alpha value is -1.52. The van der Waals surface area contributed by atoms with E-state index in [1.165, 1.54) is 12.8 Å². The minimum atomic E-state index is 0.0208. The van der Waals surface area contributed by atoms with Crippen molar-refractivity contribution < 1.29 is 4.79 Å². The van der Waals surface area contributed by atoms with Crippen molar-refractivity contribution in [3.05, 3.63) is 11.4 Å². The van der Waals surface area contributed by atoms with Gasteiger partial charge in [0.25, 0.3) is 5.91 Å². The summed E-state index contributed by atoms with van der Waals surface area (Å²) in [6, 6.07) is 0. The van der Waals surface area contributed by atoms with Gasteiger partial charge in [0.1, 0.15) is 5.69 Å². The smallest absolute Gasteiger partial charge is 0.274 e. The van der Waals surface area contributed by atoms with E-state index < -0.39 is 0 Å². The highest BCUT2D eigenvalue weighted by Gasteiger charge is 2.23. The maximum Gasteiger partial charge on any atom is 0.274 e. The van der Waals surface area contributed by atoms with Crippen molar-refractivity contribution in [2.75, 3.05) is 18.8 Å². The van der Waals surface area contributed by atoms with Crippen LogP contribution >= 0.6 is 0 Å². The van der Waals surface area contributed by atoms with Gasteiger partial charge in [-0.3, -0.25) is 9.48 Å². The maximum atomic E-state index is 12.4. The van der Waals surface area contributed by atoms with E-state index >= 15 is 0 Å². The van der Waals surface area contributed by atoms with Crippen LogP contribution in [0.3, 0.4) is 0 Å². The Labute approximate surface area is 102 Å². The zero-order valence-electron chi connectivity index (χ0n) is 10.6. The van der Waals surface area contributed by atoms with Gasteiger partial charge in [0.2, 0.25) is 0 Å². The summed E-state index contributed by atoms with van der Waals surface area (Å²) in [7, 11) is 1.77. The van der Waals surface area contributed by atoms with Crippen LogP contribution in [0.5, 0.6) is 0 Å². The quantitative estimate of drug-likeness (QED) is 0.800. The third-order valence-corrected chi connectivity index (χ3v) is 3.36. The molecule has 1 aromatic heterocycles. The average Bonchev–Trinajstić information content (AvgIpc) is 2.52. The first-order valence-electron chi connectivity index (χ1n) is 6.19. The van der Waals surface area contributed by atoms with Crippen LogP contribution in [-0.4, -0.2) is 33.7 Å². The molecule has 5 nitrogen and oxygen atoms in total. The number of rotatable bonds is 1. The molecule has 94 valence electrons. The van der Waals surface area contributed by atoms with Gasteiger partial charge >= 0.3 is 0 Å². The number of amides is 1. The van der Waals surface area contributed by atoms with Crippen LogP contribution in [0.25, 0.3) is 0 Å². The number of aromatic nitrogens is 2. The van der Waals surface area contributed by atoms with Crippen molar-refractivity contribution in [2.45, 2.75) is 32.6 Å². The van der Waals surface area contributed by atoms with Gasteiger partial charge < -0.3 is 10.6 Å². The van der Waals surface area contributed by atoms with Gasteiger partial charge in [0.15, 0.2) is 0 Å². The van der Waals surface area contributed by atoms with Gasteiger partial charge in [-0.15, -0.1) is 0 Å². The maximum absolute atomic E-state index is 12.4. The molecule has 5 heteroatoms. The number of hydrogen-bond acceptors (Lipinski definition) is 3. The number of likely N-dealkylation sites (tertiary alicyclic amines) is 1. The van der Waals surface area contributed by atoms with Gasteiger partial charge in [0, 0.05) is 20.1 Å². The molecule has 1 aromatic rings. The molecule has 0 saturated carbocycles. The van der Waals surface area contributed by atoms with Gasteiger partial charge in [-0.25, -0.2) is 0 Å². The Kier molecular flexibility index (Phi) is 3.36. The van der Waals surface area contributed by atoms with Crippen LogP contribution in [0.1, 0.15) is 41.9 Å². The molecule has 1 saturated heterocycles. The summed E-state index contributed by atoms with van der Waals surface area (Å²) in [4.78, 5) is 14.3. The molecule has 1 aliphatic rings. The largest absolute Gasteiger partial charge is 0.395 e. The number of nitrogens with zero attached hydrogens (tertiary/aromatic N) is 3. The second kappa shape index (κ2) is 4.77. The summed E-state index contributed by atoms with van der Waals surface area (Å²) in [5.41, 5.74) is 7.69. The fraction of sp³-hybridized carbons (Fsp3) is 0.667. The van der Waals surface area contributed by atoms with E-state index in [9.17, 15) is 4.79 Å². The fourth-order valence-corrected chi connectivity index (χ4v) is 2.35. The van der Waals surface area contributed by atoms with E-state index in [0.717, 1.165) is 31.6 Å². The molecule has 1 aliphatic heterocycles. The molecule has 1 amide bonds. The van der Waals surface area contributed by atoms with Gasteiger partial charge in [-0.2, -0.15) is 5.10 Å². The van der Waals surface area contributed by atoms with Crippen molar-refractivity contribution in [3.63, 3.8) is 0 Å². The Bertz CT molecular complexity index is 416. The van der Waals surface area contributed by atoms with Gasteiger partial charge in [-0.1, -0.05) is 12.8 Å². The number of nitrogen functional groups attached to an aromatic ring is 1. The molecular weight excluding hydrogens is 216 g/mol. The molecule has 0 unspecified atom stereocenters. The SMILES string of the molecule is Cc1nn(C)c(C(=O)N2CCCCCC2)c1N. The predicted octanol–water partition coefficient (Wildman–Crippen LogP) is 1.33. The Morgan fingerprint density at radius 1 is 1.24 bits per heavy atom. The summed E-state index contributed by atoms with van der Waals surface area (Å²) in [5, 5.41) is 4.19. The topological polar surface area (TPSA) is 64.2 Å². The standard InChI is InChI=1S/C12H20N4O/c1-9-10(13)11(15(2)14-9)12(17)16-7-5-3-4-6-8-16/h3-8,13H2,1-2H3. The van der Waals surface area contributed by atoms with E-state index in [1.807, 2.05) is 11.8 Å². The van der Waals surface area contributed by atoms with E-state index in [-0.39, 0.29) is 5.91 Å². The number of carbonyl (C=O) groups excluding carboxylic acids is 1. The van der Waals surface area contributed by atoms with Crippen LogP contribution in [0.2, 0.25) is 0 Å². The minimum absolute atomic E-state index is 0.0208. The van der Waals surface area contributed by atoms with Crippen LogP contribution in [0, 0.1) is 6.92 Å². The molecule has 2 heterocycles. The van der Waals surface area contributed by atoms with Crippen molar-refractivity contribution in [1.82, 2.24) is 14.7 Å². The first kappa shape index (κ1) is 12.0. The summed E-state index contributed by atoms with van der Waals surface area (Å²) in [6.07, 6.45) is 4.60. The lowest BCUT2D eigenvalue weighted by Crippen LogP contribution is -2.33. The molecule has 0 aliphatic carbocycles. The monoisotopic (exact) mass is 236 g/mol. The molecule has 1 fully saturated rings. The van der Waals surface area contributed by atoms with E-state index in [1.54, 1.807) is 11.7 Å². The number of aryl methyl sites for hydroxylation is 2. The molecule has 0 atom stereocenters. The molecule has 0 aromatic carbocycles. The third-order valence-electron chi connectivity index (χ3n) is 3.36. The number of anilines is 1. The molecular formula is C12H20N4O. The van der Waals surface area contributed by atoms with Crippen molar-refractivity contribution >= 4 is 11.6 Å². The van der Waals surface area contributed by atoms with Crippen LogP contribution in [0.15, 0.2) is 0 Å². The Balaban J connectivity index is 2.23. The summed E-state index contributed by atoms with van der Waals surface area (Å²) < 4.78 is 1.60. The zero-order valence-corrected chi connectivity index (χ0v) is 10.6. The first-order chi connectivity index (χ1) is 8.11. The van der Waals surface area contributed by atoms with E-state index in [2.05, 4.69) is 5.10 Å². The summed E-state index contributed by atoms with van der Waals surface area (Å²) in [5.74, 6) is 0.0208. The Morgan fingerprint density at radius 2 is 1.82 bits per heavy atom. The first-order valence-corrected chi connectivity index (χ1v) is 6.19. The zero-order chi connectivity index (χ0) is 12.4. The van der Waals surface area contributed by atoms with E-state index in [4.69, 9.17) is 5.73 Å². The predicted molar refractivity (Wildman–Crippen MR) is 66.7 cm³/mol. The molecule has 17 heavy (non-hydrogen) atoms. The van der Waals surface area contributed by atoms with Crippen molar-refractivity contribution in [2.24, 2.45) is 7.05 Å². The third kappa shape index (κ3) is 2.28.